The van der Waals surface area contributed by atoms with E-state index in [1.165, 1.54) is 6.42 Å². The topological polar surface area (TPSA) is 49.5 Å². The monoisotopic (exact) mass is 288 g/mol. The summed E-state index contributed by atoms with van der Waals surface area (Å²) in [5.41, 5.74) is 1.75. The van der Waals surface area contributed by atoms with Gasteiger partial charge in [0.2, 0.25) is 5.89 Å². The van der Waals surface area contributed by atoms with E-state index in [9.17, 15) is 5.11 Å². The van der Waals surface area contributed by atoms with Gasteiger partial charge in [-0.3, -0.25) is 4.90 Å². The lowest BCUT2D eigenvalue weighted by molar-refractivity contribution is 0.0423. The van der Waals surface area contributed by atoms with Crippen LogP contribution in [0.1, 0.15) is 44.5 Å². The fourth-order valence-electron chi connectivity index (χ4n) is 3.19. The van der Waals surface area contributed by atoms with E-state index in [1.54, 1.807) is 0 Å². The molecule has 1 aromatic carbocycles. The number of rotatable bonds is 4. The van der Waals surface area contributed by atoms with E-state index in [2.05, 4.69) is 23.9 Å². The zero-order valence-electron chi connectivity index (χ0n) is 12.8. The summed E-state index contributed by atoms with van der Waals surface area (Å²) in [4.78, 5) is 6.81. The number of benzene rings is 1. The summed E-state index contributed by atoms with van der Waals surface area (Å²) in [6.45, 7) is 3.00. The Morgan fingerprint density at radius 2 is 2.10 bits per heavy atom. The molecule has 3 atom stereocenters. The molecular formula is C17H24N2O2. The van der Waals surface area contributed by atoms with E-state index < -0.39 is 0 Å². The summed E-state index contributed by atoms with van der Waals surface area (Å²) >= 11 is 0. The Bertz CT molecular complexity index is 562. The molecule has 0 radical (unpaired) electrons. The highest BCUT2D eigenvalue weighted by atomic mass is 16.3. The highest BCUT2D eigenvalue weighted by Crippen LogP contribution is 2.28. The second kappa shape index (κ2) is 6.16. The van der Waals surface area contributed by atoms with Crippen molar-refractivity contribution >= 4 is 11.1 Å². The molecular weight excluding hydrogens is 264 g/mol. The predicted molar refractivity (Wildman–Crippen MR) is 83.0 cm³/mol. The summed E-state index contributed by atoms with van der Waals surface area (Å²) in [6, 6.07) is 7.97. The average Bonchev–Trinajstić information content (AvgIpc) is 2.92. The Morgan fingerprint density at radius 3 is 2.86 bits per heavy atom. The SMILES string of the molecule is CC(c1nc2ccccc2o1)N(C)CC1CCCCC1O. The number of aliphatic hydroxyl groups is 1. The zero-order valence-corrected chi connectivity index (χ0v) is 12.8. The third-order valence-electron chi connectivity index (χ3n) is 4.72. The molecule has 0 spiro atoms. The van der Waals surface area contributed by atoms with E-state index >= 15 is 0 Å². The molecule has 1 aliphatic carbocycles. The molecule has 0 bridgehead atoms. The number of hydrogen-bond acceptors (Lipinski definition) is 4. The average molecular weight is 288 g/mol. The van der Waals surface area contributed by atoms with Crippen molar-refractivity contribution in [1.29, 1.82) is 0 Å². The van der Waals surface area contributed by atoms with Gasteiger partial charge in [0.05, 0.1) is 12.1 Å². The standard InChI is InChI=1S/C17H24N2O2/c1-12(17-18-14-8-4-6-10-16(14)21-17)19(2)11-13-7-3-5-9-15(13)20/h4,6,8,10,12-13,15,20H,3,5,7,9,11H2,1-2H3. The molecule has 1 heterocycles. The molecule has 1 aromatic heterocycles. The van der Waals surface area contributed by atoms with Crippen molar-refractivity contribution in [1.82, 2.24) is 9.88 Å². The molecule has 1 aliphatic rings. The van der Waals surface area contributed by atoms with Gasteiger partial charge in [-0.25, -0.2) is 4.98 Å². The van der Waals surface area contributed by atoms with Gasteiger partial charge in [-0.1, -0.05) is 25.0 Å². The van der Waals surface area contributed by atoms with E-state index in [-0.39, 0.29) is 12.1 Å². The second-order valence-electron chi connectivity index (χ2n) is 6.25. The number of oxazole rings is 1. The molecule has 0 saturated heterocycles. The molecule has 2 aromatic rings. The normalized spacial score (nSPS) is 24.6. The Morgan fingerprint density at radius 1 is 1.33 bits per heavy atom. The van der Waals surface area contributed by atoms with Crippen molar-refractivity contribution in [2.24, 2.45) is 5.92 Å². The summed E-state index contributed by atoms with van der Waals surface area (Å²) in [7, 11) is 2.08. The Balaban J connectivity index is 1.69. The van der Waals surface area contributed by atoms with Crippen LogP contribution in [0.25, 0.3) is 11.1 Å². The maximum Gasteiger partial charge on any atom is 0.212 e. The summed E-state index contributed by atoms with van der Waals surface area (Å²) in [6.07, 6.45) is 4.29. The molecule has 1 fully saturated rings. The van der Waals surface area contributed by atoms with Gasteiger partial charge in [0, 0.05) is 6.54 Å². The van der Waals surface area contributed by atoms with E-state index in [1.807, 2.05) is 24.3 Å². The van der Waals surface area contributed by atoms with Gasteiger partial charge in [0.25, 0.3) is 0 Å². The van der Waals surface area contributed by atoms with Gasteiger partial charge in [-0.05, 0) is 44.9 Å². The van der Waals surface area contributed by atoms with Gasteiger partial charge in [0.15, 0.2) is 5.58 Å². The molecule has 4 nitrogen and oxygen atoms in total. The summed E-state index contributed by atoms with van der Waals surface area (Å²) in [5, 5.41) is 10.1. The third kappa shape index (κ3) is 3.11. The summed E-state index contributed by atoms with van der Waals surface area (Å²) < 4.78 is 5.85. The first-order chi connectivity index (χ1) is 10.1. The molecule has 3 rings (SSSR count). The smallest absolute Gasteiger partial charge is 0.212 e. The van der Waals surface area contributed by atoms with Crippen LogP contribution in [0.2, 0.25) is 0 Å². The van der Waals surface area contributed by atoms with Crippen LogP contribution in [0.4, 0.5) is 0 Å². The van der Waals surface area contributed by atoms with Crippen LogP contribution >= 0.6 is 0 Å². The minimum atomic E-state index is -0.156. The van der Waals surface area contributed by atoms with Crippen molar-refractivity contribution in [3.8, 4) is 0 Å². The van der Waals surface area contributed by atoms with Crippen LogP contribution in [0, 0.1) is 5.92 Å². The molecule has 1 N–H and O–H groups in total. The first kappa shape index (κ1) is 14.5. The second-order valence-corrected chi connectivity index (χ2v) is 6.25. The molecule has 0 amide bonds. The fourth-order valence-corrected chi connectivity index (χ4v) is 3.19. The molecule has 0 aliphatic heterocycles. The van der Waals surface area contributed by atoms with Crippen LogP contribution in [0.3, 0.4) is 0 Å². The predicted octanol–water partition coefficient (Wildman–Crippen LogP) is 3.37. The van der Waals surface area contributed by atoms with Crippen molar-refractivity contribution in [3.63, 3.8) is 0 Å². The highest BCUT2D eigenvalue weighted by Gasteiger charge is 2.27. The van der Waals surface area contributed by atoms with Crippen LogP contribution < -0.4 is 0 Å². The molecule has 21 heavy (non-hydrogen) atoms. The van der Waals surface area contributed by atoms with E-state index in [0.29, 0.717) is 5.92 Å². The minimum absolute atomic E-state index is 0.117. The van der Waals surface area contributed by atoms with Crippen molar-refractivity contribution in [2.45, 2.75) is 44.8 Å². The van der Waals surface area contributed by atoms with Crippen LogP contribution in [-0.2, 0) is 0 Å². The van der Waals surface area contributed by atoms with Gasteiger partial charge in [0.1, 0.15) is 5.52 Å². The van der Waals surface area contributed by atoms with E-state index in [4.69, 9.17) is 4.42 Å². The molecule has 114 valence electrons. The number of para-hydroxylation sites is 2. The first-order valence-electron chi connectivity index (χ1n) is 7.89. The molecule has 3 unspecified atom stereocenters. The number of aromatic nitrogens is 1. The van der Waals surface area contributed by atoms with Gasteiger partial charge < -0.3 is 9.52 Å². The van der Waals surface area contributed by atoms with Crippen LogP contribution in [0.5, 0.6) is 0 Å². The van der Waals surface area contributed by atoms with Crippen molar-refractivity contribution < 1.29 is 9.52 Å². The van der Waals surface area contributed by atoms with Crippen molar-refractivity contribution in [2.75, 3.05) is 13.6 Å². The molecule has 1 saturated carbocycles. The number of fused-ring (bicyclic) bond motifs is 1. The molecule has 4 heteroatoms. The van der Waals surface area contributed by atoms with Gasteiger partial charge in [-0.2, -0.15) is 0 Å². The minimum Gasteiger partial charge on any atom is -0.439 e. The lowest BCUT2D eigenvalue weighted by atomic mass is 9.86. The van der Waals surface area contributed by atoms with Crippen molar-refractivity contribution in [3.05, 3.63) is 30.2 Å². The number of aliphatic hydroxyl groups excluding tert-OH is 1. The number of hydrogen-bond donors (Lipinski definition) is 1. The lowest BCUT2D eigenvalue weighted by Crippen LogP contribution is -2.36. The third-order valence-corrected chi connectivity index (χ3v) is 4.72. The highest BCUT2D eigenvalue weighted by molar-refractivity contribution is 5.72. The van der Waals surface area contributed by atoms with Crippen LogP contribution in [-0.4, -0.2) is 34.7 Å². The Hall–Kier alpha value is -1.39. The van der Waals surface area contributed by atoms with Gasteiger partial charge in [-0.15, -0.1) is 0 Å². The van der Waals surface area contributed by atoms with Crippen LogP contribution in [0.15, 0.2) is 28.7 Å². The first-order valence-corrected chi connectivity index (χ1v) is 7.89. The largest absolute Gasteiger partial charge is 0.439 e. The zero-order chi connectivity index (χ0) is 14.8. The Kier molecular flexibility index (Phi) is 4.27. The quantitative estimate of drug-likeness (QED) is 0.937. The fraction of sp³-hybridized carbons (Fsp3) is 0.588. The van der Waals surface area contributed by atoms with E-state index in [0.717, 1.165) is 42.8 Å². The maximum atomic E-state index is 10.1. The van der Waals surface area contributed by atoms with Gasteiger partial charge >= 0.3 is 0 Å². The lowest BCUT2D eigenvalue weighted by Gasteiger charge is -2.32. The Labute approximate surface area is 125 Å². The summed E-state index contributed by atoms with van der Waals surface area (Å²) in [5.74, 6) is 1.12. The number of nitrogens with zero attached hydrogens (tertiary/aromatic N) is 2. The maximum absolute atomic E-state index is 10.1.